The maximum absolute atomic E-state index is 13.7. The Hall–Kier alpha value is -2.67. The van der Waals surface area contributed by atoms with Gasteiger partial charge in [0, 0.05) is 30.3 Å². The van der Waals surface area contributed by atoms with Crippen molar-refractivity contribution in [3.8, 4) is 0 Å². The van der Waals surface area contributed by atoms with Crippen LogP contribution >= 0.6 is 11.8 Å². The molecule has 1 aromatic carbocycles. The zero-order chi connectivity index (χ0) is 20.8. The van der Waals surface area contributed by atoms with E-state index in [-0.39, 0.29) is 24.1 Å². The first-order valence-corrected chi connectivity index (χ1v) is 10.3. The number of esters is 1. The van der Waals surface area contributed by atoms with Gasteiger partial charge in [0.1, 0.15) is 16.7 Å². The van der Waals surface area contributed by atoms with Crippen molar-refractivity contribution in [3.05, 3.63) is 71.7 Å². The van der Waals surface area contributed by atoms with E-state index in [4.69, 9.17) is 9.72 Å². The summed E-state index contributed by atoms with van der Waals surface area (Å²) in [4.78, 5) is 21.4. The minimum absolute atomic E-state index is 0.182. The fourth-order valence-electron chi connectivity index (χ4n) is 2.97. The van der Waals surface area contributed by atoms with E-state index in [9.17, 15) is 9.18 Å². The van der Waals surface area contributed by atoms with Gasteiger partial charge in [0.15, 0.2) is 0 Å². The molecule has 0 spiro atoms. The summed E-state index contributed by atoms with van der Waals surface area (Å²) in [6.45, 7) is 4.76. The van der Waals surface area contributed by atoms with Crippen LogP contribution in [0.4, 0.5) is 4.39 Å². The van der Waals surface area contributed by atoms with Crippen LogP contribution in [0, 0.1) is 5.82 Å². The summed E-state index contributed by atoms with van der Waals surface area (Å²) >= 11 is 1.49. The van der Waals surface area contributed by atoms with E-state index in [0.717, 1.165) is 27.0 Å². The Morgan fingerprint density at radius 1 is 1.24 bits per heavy atom. The van der Waals surface area contributed by atoms with E-state index in [1.807, 2.05) is 18.2 Å². The molecule has 0 aliphatic heterocycles. The van der Waals surface area contributed by atoms with Crippen LogP contribution in [-0.2, 0) is 22.5 Å². The standard InChI is InChI=1S/C22H24FN3O2S/c1-15(2)21-22(29-18-6-4-5-17(23)13-18)26(14-16-9-11-24-12-10-16)19(25-21)7-8-20(27)28-3/h4-6,9-13,15H,7-8,14H2,1-3H3. The van der Waals surface area contributed by atoms with Crippen molar-refractivity contribution in [2.24, 2.45) is 0 Å². The number of carbonyl (C=O) groups is 1. The van der Waals surface area contributed by atoms with Crippen LogP contribution in [0.5, 0.6) is 0 Å². The molecule has 2 aromatic heterocycles. The molecule has 152 valence electrons. The minimum Gasteiger partial charge on any atom is -0.469 e. The summed E-state index contributed by atoms with van der Waals surface area (Å²) in [5, 5.41) is 0.960. The first-order chi connectivity index (χ1) is 14.0. The molecule has 29 heavy (non-hydrogen) atoms. The Morgan fingerprint density at radius 3 is 2.66 bits per heavy atom. The van der Waals surface area contributed by atoms with Gasteiger partial charge < -0.3 is 9.30 Å². The SMILES string of the molecule is COC(=O)CCc1nc(C(C)C)c(Sc2cccc(F)c2)n1Cc1ccncc1. The lowest BCUT2D eigenvalue weighted by molar-refractivity contribution is -0.140. The van der Waals surface area contributed by atoms with E-state index < -0.39 is 0 Å². The number of rotatable bonds is 8. The third kappa shape index (κ3) is 5.44. The molecule has 3 rings (SSSR count). The van der Waals surface area contributed by atoms with Gasteiger partial charge in [-0.3, -0.25) is 9.78 Å². The summed E-state index contributed by atoms with van der Waals surface area (Å²) in [6.07, 6.45) is 4.24. The van der Waals surface area contributed by atoms with Crippen LogP contribution in [0.25, 0.3) is 0 Å². The van der Waals surface area contributed by atoms with Gasteiger partial charge in [-0.25, -0.2) is 9.37 Å². The monoisotopic (exact) mass is 413 g/mol. The number of nitrogens with zero attached hydrogens (tertiary/aromatic N) is 3. The summed E-state index contributed by atoms with van der Waals surface area (Å²) in [7, 11) is 1.39. The summed E-state index contributed by atoms with van der Waals surface area (Å²) < 4.78 is 20.6. The molecule has 0 saturated carbocycles. The third-order valence-electron chi connectivity index (χ3n) is 4.45. The number of halogens is 1. The van der Waals surface area contributed by atoms with Crippen molar-refractivity contribution >= 4 is 17.7 Å². The van der Waals surface area contributed by atoms with Crippen molar-refractivity contribution in [3.63, 3.8) is 0 Å². The molecular formula is C22H24FN3O2S. The maximum Gasteiger partial charge on any atom is 0.305 e. The van der Waals surface area contributed by atoms with Crippen LogP contribution in [0.3, 0.4) is 0 Å². The molecule has 0 aliphatic rings. The number of methoxy groups -OCH3 is 1. The Kier molecular flexibility index (Phi) is 7.04. The maximum atomic E-state index is 13.7. The van der Waals surface area contributed by atoms with Crippen molar-refractivity contribution in [2.45, 2.75) is 49.1 Å². The van der Waals surface area contributed by atoms with E-state index in [0.29, 0.717) is 13.0 Å². The average Bonchev–Trinajstić information content (AvgIpc) is 3.04. The molecule has 0 unspecified atom stereocenters. The minimum atomic E-state index is -0.271. The first kappa shape index (κ1) is 21.0. The Bertz CT molecular complexity index is 973. The van der Waals surface area contributed by atoms with Gasteiger partial charge in [-0.05, 0) is 41.8 Å². The predicted octanol–water partition coefficient (Wildman–Crippen LogP) is 4.85. The molecule has 5 nitrogen and oxygen atoms in total. The van der Waals surface area contributed by atoms with E-state index in [1.54, 1.807) is 18.5 Å². The van der Waals surface area contributed by atoms with Gasteiger partial charge >= 0.3 is 5.97 Å². The van der Waals surface area contributed by atoms with Gasteiger partial charge in [-0.2, -0.15) is 0 Å². The molecule has 0 amide bonds. The number of aryl methyl sites for hydroxylation is 1. The average molecular weight is 414 g/mol. The van der Waals surface area contributed by atoms with Gasteiger partial charge in [0.25, 0.3) is 0 Å². The number of hydrogen-bond donors (Lipinski definition) is 0. The fraction of sp³-hybridized carbons (Fsp3) is 0.318. The highest BCUT2D eigenvalue weighted by Crippen LogP contribution is 2.36. The van der Waals surface area contributed by atoms with Gasteiger partial charge in [-0.15, -0.1) is 0 Å². The molecule has 0 bridgehead atoms. The van der Waals surface area contributed by atoms with Gasteiger partial charge in [0.2, 0.25) is 0 Å². The molecule has 0 radical (unpaired) electrons. The van der Waals surface area contributed by atoms with Crippen LogP contribution in [0.15, 0.2) is 58.7 Å². The van der Waals surface area contributed by atoms with Crippen molar-refractivity contribution < 1.29 is 13.9 Å². The van der Waals surface area contributed by atoms with Gasteiger partial charge in [0.05, 0.1) is 19.2 Å². The lowest BCUT2D eigenvalue weighted by atomic mass is 10.1. The van der Waals surface area contributed by atoms with Crippen LogP contribution in [0.1, 0.15) is 43.3 Å². The lowest BCUT2D eigenvalue weighted by Crippen LogP contribution is -2.10. The van der Waals surface area contributed by atoms with Crippen molar-refractivity contribution in [1.82, 2.24) is 14.5 Å². The summed E-state index contributed by atoms with van der Waals surface area (Å²) in [5.74, 6) is 0.456. The molecule has 3 aromatic rings. The highest BCUT2D eigenvalue weighted by Gasteiger charge is 2.21. The third-order valence-corrected chi connectivity index (χ3v) is 5.57. The second kappa shape index (κ2) is 9.69. The Labute approximate surface area is 174 Å². The molecule has 0 atom stereocenters. The summed E-state index contributed by atoms with van der Waals surface area (Å²) in [6, 6.07) is 10.5. The first-order valence-electron chi connectivity index (χ1n) is 9.46. The smallest absolute Gasteiger partial charge is 0.305 e. The fourth-order valence-corrected chi connectivity index (χ4v) is 4.18. The van der Waals surface area contributed by atoms with Crippen molar-refractivity contribution in [1.29, 1.82) is 0 Å². The van der Waals surface area contributed by atoms with E-state index >= 15 is 0 Å². The summed E-state index contributed by atoms with van der Waals surface area (Å²) in [5.41, 5.74) is 2.02. The Balaban J connectivity index is 2.04. The lowest BCUT2D eigenvalue weighted by Gasteiger charge is -2.13. The van der Waals surface area contributed by atoms with E-state index in [1.165, 1.54) is 31.0 Å². The van der Waals surface area contributed by atoms with E-state index in [2.05, 4.69) is 23.4 Å². The quantitative estimate of drug-likeness (QED) is 0.494. The van der Waals surface area contributed by atoms with Crippen LogP contribution in [-0.4, -0.2) is 27.6 Å². The topological polar surface area (TPSA) is 57.0 Å². The highest BCUT2D eigenvalue weighted by molar-refractivity contribution is 7.99. The highest BCUT2D eigenvalue weighted by atomic mass is 32.2. The largest absolute Gasteiger partial charge is 0.469 e. The number of aromatic nitrogens is 3. The molecule has 2 heterocycles. The number of carbonyl (C=O) groups excluding carboxylic acids is 1. The van der Waals surface area contributed by atoms with Crippen molar-refractivity contribution in [2.75, 3.05) is 7.11 Å². The zero-order valence-corrected chi connectivity index (χ0v) is 17.6. The molecule has 0 aliphatic carbocycles. The number of imidazole rings is 1. The normalized spacial score (nSPS) is 11.1. The number of ether oxygens (including phenoxy) is 1. The van der Waals surface area contributed by atoms with Crippen LogP contribution in [0.2, 0.25) is 0 Å². The number of benzene rings is 1. The van der Waals surface area contributed by atoms with Crippen LogP contribution < -0.4 is 0 Å². The molecule has 0 fully saturated rings. The molecule has 0 saturated heterocycles. The second-order valence-corrected chi connectivity index (χ2v) is 8.01. The second-order valence-electron chi connectivity index (χ2n) is 6.95. The number of hydrogen-bond acceptors (Lipinski definition) is 5. The zero-order valence-electron chi connectivity index (χ0n) is 16.8. The Morgan fingerprint density at radius 2 is 2.00 bits per heavy atom. The molecular weight excluding hydrogens is 389 g/mol. The van der Waals surface area contributed by atoms with Gasteiger partial charge in [-0.1, -0.05) is 31.7 Å². The predicted molar refractivity (Wildman–Crippen MR) is 111 cm³/mol. The molecule has 0 N–H and O–H groups in total. The number of pyridine rings is 1. The molecule has 7 heteroatoms.